The van der Waals surface area contributed by atoms with Gasteiger partial charge in [0.05, 0.1) is 30.7 Å². The molecule has 0 radical (unpaired) electrons. The Kier molecular flexibility index (Phi) is 6.76. The van der Waals surface area contributed by atoms with Gasteiger partial charge in [0, 0.05) is 19.6 Å². The van der Waals surface area contributed by atoms with Gasteiger partial charge in [-0.15, -0.1) is 0 Å². The summed E-state index contributed by atoms with van der Waals surface area (Å²) in [6, 6.07) is 15.6. The molecule has 28 heavy (non-hydrogen) atoms. The average molecular weight is 383 g/mol. The number of para-hydroxylation sites is 2. The van der Waals surface area contributed by atoms with Crippen LogP contribution in [0.1, 0.15) is 19.4 Å². The van der Waals surface area contributed by atoms with Crippen LogP contribution in [0.2, 0.25) is 0 Å². The fraction of sp³-hybridized carbons (Fsp3) is 0.409. The van der Waals surface area contributed by atoms with Gasteiger partial charge in [0.1, 0.15) is 5.75 Å². The van der Waals surface area contributed by atoms with E-state index in [1.165, 1.54) is 0 Å². The Hall–Kier alpha value is -2.73. The quantitative estimate of drug-likeness (QED) is 0.799. The second-order valence-electron chi connectivity index (χ2n) is 7.16. The van der Waals surface area contributed by atoms with Crippen LogP contribution in [-0.2, 0) is 11.2 Å². The summed E-state index contributed by atoms with van der Waals surface area (Å²) < 4.78 is 11.0. The van der Waals surface area contributed by atoms with Gasteiger partial charge in [-0.1, -0.05) is 24.3 Å². The van der Waals surface area contributed by atoms with Crippen molar-refractivity contribution in [2.45, 2.75) is 32.5 Å². The number of hydrogen-bond acceptors (Lipinski definition) is 4. The van der Waals surface area contributed by atoms with Gasteiger partial charge < -0.3 is 25.0 Å². The zero-order valence-corrected chi connectivity index (χ0v) is 16.8. The summed E-state index contributed by atoms with van der Waals surface area (Å²) in [4.78, 5) is 14.7. The molecular weight excluding hydrogens is 354 g/mol. The molecule has 1 aliphatic heterocycles. The molecule has 1 fully saturated rings. The number of ether oxygens (including phenoxy) is 2. The van der Waals surface area contributed by atoms with Crippen molar-refractivity contribution in [1.82, 2.24) is 5.32 Å². The van der Waals surface area contributed by atoms with Gasteiger partial charge in [-0.2, -0.15) is 0 Å². The molecule has 2 unspecified atom stereocenters. The molecule has 0 aliphatic carbocycles. The van der Waals surface area contributed by atoms with Crippen LogP contribution in [0.5, 0.6) is 5.75 Å². The maximum Gasteiger partial charge on any atom is 0.319 e. The molecule has 0 saturated carbocycles. The van der Waals surface area contributed by atoms with Crippen LogP contribution in [0.15, 0.2) is 48.5 Å². The van der Waals surface area contributed by atoms with Gasteiger partial charge >= 0.3 is 6.03 Å². The summed E-state index contributed by atoms with van der Waals surface area (Å²) in [6.07, 6.45) is 1.09. The number of carbonyl (C=O) groups is 1. The summed E-state index contributed by atoms with van der Waals surface area (Å²) in [5.41, 5.74) is 2.98. The van der Waals surface area contributed by atoms with Crippen LogP contribution in [0.25, 0.3) is 0 Å². The molecular formula is C22H29N3O3. The zero-order valence-electron chi connectivity index (χ0n) is 16.8. The lowest BCUT2D eigenvalue weighted by Gasteiger charge is -2.37. The van der Waals surface area contributed by atoms with E-state index in [-0.39, 0.29) is 18.2 Å². The molecule has 150 valence electrons. The highest BCUT2D eigenvalue weighted by atomic mass is 16.5. The maximum absolute atomic E-state index is 12.4. The first kappa shape index (κ1) is 20.0. The highest BCUT2D eigenvalue weighted by Gasteiger charge is 2.24. The molecule has 6 nitrogen and oxygen atoms in total. The lowest BCUT2D eigenvalue weighted by Crippen LogP contribution is -2.45. The van der Waals surface area contributed by atoms with Crippen LogP contribution in [0.3, 0.4) is 0 Å². The number of rotatable bonds is 6. The van der Waals surface area contributed by atoms with Crippen LogP contribution in [0, 0.1) is 0 Å². The van der Waals surface area contributed by atoms with E-state index in [1.54, 1.807) is 7.11 Å². The Morgan fingerprint density at radius 3 is 2.46 bits per heavy atom. The predicted octanol–water partition coefficient (Wildman–Crippen LogP) is 3.67. The summed E-state index contributed by atoms with van der Waals surface area (Å²) in [7, 11) is 1.65. The highest BCUT2D eigenvalue weighted by molar-refractivity contribution is 5.93. The van der Waals surface area contributed by atoms with Crippen molar-refractivity contribution < 1.29 is 14.3 Å². The van der Waals surface area contributed by atoms with Crippen molar-refractivity contribution in [2.75, 3.05) is 37.0 Å². The fourth-order valence-electron chi connectivity index (χ4n) is 3.51. The maximum atomic E-state index is 12.4. The van der Waals surface area contributed by atoms with E-state index in [0.29, 0.717) is 6.54 Å². The molecule has 1 saturated heterocycles. The Bertz CT molecular complexity index is 769. The number of morpholine rings is 1. The van der Waals surface area contributed by atoms with Gasteiger partial charge in [-0.05, 0) is 50.1 Å². The average Bonchev–Trinajstić information content (AvgIpc) is 2.68. The fourth-order valence-corrected chi connectivity index (χ4v) is 3.51. The molecule has 3 rings (SSSR count). The summed E-state index contributed by atoms with van der Waals surface area (Å²) in [6.45, 7) is 6.32. The first-order valence-electron chi connectivity index (χ1n) is 9.72. The summed E-state index contributed by atoms with van der Waals surface area (Å²) in [5.74, 6) is 0.831. The van der Waals surface area contributed by atoms with E-state index in [0.717, 1.165) is 42.2 Å². The van der Waals surface area contributed by atoms with Crippen LogP contribution in [-0.4, -0.2) is 45.0 Å². The molecule has 0 bridgehead atoms. The van der Waals surface area contributed by atoms with Crippen molar-refractivity contribution in [3.63, 3.8) is 0 Å². The molecule has 0 aromatic heterocycles. The predicted molar refractivity (Wildman–Crippen MR) is 112 cm³/mol. The van der Waals surface area contributed by atoms with Crippen LogP contribution < -0.4 is 20.3 Å². The van der Waals surface area contributed by atoms with Gasteiger partial charge in [0.25, 0.3) is 0 Å². The Balaban J connectivity index is 1.55. The van der Waals surface area contributed by atoms with E-state index in [2.05, 4.69) is 29.4 Å². The monoisotopic (exact) mass is 383 g/mol. The minimum absolute atomic E-state index is 0.162. The van der Waals surface area contributed by atoms with Crippen molar-refractivity contribution in [3.05, 3.63) is 54.1 Å². The van der Waals surface area contributed by atoms with Gasteiger partial charge in [0.2, 0.25) is 0 Å². The number of urea groups is 1. The SMILES string of the molecule is COc1ccc(CCNC(=O)Nc2ccccc2N2CC(C)OC(C)C2)cc1. The Labute approximate surface area is 166 Å². The van der Waals surface area contributed by atoms with Gasteiger partial charge in [0.15, 0.2) is 0 Å². The van der Waals surface area contributed by atoms with E-state index < -0.39 is 0 Å². The van der Waals surface area contributed by atoms with Crippen LogP contribution in [0.4, 0.5) is 16.2 Å². The zero-order chi connectivity index (χ0) is 19.9. The molecule has 1 heterocycles. The van der Waals surface area contributed by atoms with E-state index in [4.69, 9.17) is 9.47 Å². The molecule has 6 heteroatoms. The normalized spacial score (nSPS) is 19.2. The van der Waals surface area contributed by atoms with E-state index >= 15 is 0 Å². The minimum atomic E-state index is -0.199. The summed E-state index contributed by atoms with van der Waals surface area (Å²) >= 11 is 0. The smallest absolute Gasteiger partial charge is 0.319 e. The number of nitrogens with one attached hydrogen (secondary N) is 2. The second kappa shape index (κ2) is 9.46. The number of carbonyl (C=O) groups excluding carboxylic acids is 1. The third-order valence-corrected chi connectivity index (χ3v) is 4.77. The number of nitrogens with zero attached hydrogens (tertiary/aromatic N) is 1. The number of hydrogen-bond donors (Lipinski definition) is 2. The lowest BCUT2D eigenvalue weighted by molar-refractivity contribution is -0.00517. The second-order valence-corrected chi connectivity index (χ2v) is 7.16. The third-order valence-electron chi connectivity index (χ3n) is 4.77. The molecule has 1 aliphatic rings. The Morgan fingerprint density at radius 1 is 1.11 bits per heavy atom. The molecule has 2 aromatic carbocycles. The minimum Gasteiger partial charge on any atom is -0.497 e. The van der Waals surface area contributed by atoms with E-state index in [9.17, 15) is 4.79 Å². The molecule has 2 amide bonds. The standard InChI is InChI=1S/C22H29N3O3/c1-16-14-25(15-17(2)28-16)21-7-5-4-6-20(21)24-22(26)23-13-12-18-8-10-19(27-3)11-9-18/h4-11,16-17H,12-15H2,1-3H3,(H2,23,24,26). The molecule has 2 aromatic rings. The first-order valence-corrected chi connectivity index (χ1v) is 9.72. The molecule has 0 spiro atoms. The largest absolute Gasteiger partial charge is 0.497 e. The van der Waals surface area contributed by atoms with Gasteiger partial charge in [-0.25, -0.2) is 4.79 Å². The number of amides is 2. The highest BCUT2D eigenvalue weighted by Crippen LogP contribution is 2.28. The summed E-state index contributed by atoms with van der Waals surface area (Å²) in [5, 5.41) is 5.92. The number of anilines is 2. The molecule has 2 atom stereocenters. The van der Waals surface area contributed by atoms with Crippen molar-refractivity contribution in [1.29, 1.82) is 0 Å². The number of benzene rings is 2. The molecule has 2 N–H and O–H groups in total. The van der Waals surface area contributed by atoms with Crippen LogP contribution >= 0.6 is 0 Å². The van der Waals surface area contributed by atoms with Gasteiger partial charge in [-0.3, -0.25) is 0 Å². The topological polar surface area (TPSA) is 62.8 Å². The van der Waals surface area contributed by atoms with Crippen molar-refractivity contribution >= 4 is 17.4 Å². The Morgan fingerprint density at radius 2 is 1.79 bits per heavy atom. The first-order chi connectivity index (χ1) is 13.5. The van der Waals surface area contributed by atoms with Crippen molar-refractivity contribution in [2.24, 2.45) is 0 Å². The third kappa shape index (κ3) is 5.39. The lowest BCUT2D eigenvalue weighted by atomic mass is 10.1. The van der Waals surface area contributed by atoms with E-state index in [1.807, 2.05) is 48.5 Å². The van der Waals surface area contributed by atoms with Crippen molar-refractivity contribution in [3.8, 4) is 5.75 Å². The number of methoxy groups -OCH3 is 1.